The lowest BCUT2D eigenvalue weighted by Gasteiger charge is -2.12. The lowest BCUT2D eigenvalue weighted by molar-refractivity contribution is -0.120. The van der Waals surface area contributed by atoms with Crippen LogP contribution in [0, 0.1) is 11.8 Å². The van der Waals surface area contributed by atoms with Crippen molar-refractivity contribution in [1.82, 2.24) is 5.32 Å². The zero-order valence-corrected chi connectivity index (χ0v) is 8.88. The van der Waals surface area contributed by atoms with E-state index in [4.69, 9.17) is 0 Å². The predicted octanol–water partition coefficient (Wildman–Crippen LogP) is 2.26. The van der Waals surface area contributed by atoms with Crippen molar-refractivity contribution < 1.29 is 4.79 Å². The fourth-order valence-corrected chi connectivity index (χ4v) is 2.77. The van der Waals surface area contributed by atoms with Crippen molar-refractivity contribution in [2.24, 2.45) is 11.8 Å². The first-order valence-electron chi connectivity index (χ1n) is 5.77. The third kappa shape index (κ3) is 1.99. The maximum atomic E-state index is 11.3. The first-order valence-corrected chi connectivity index (χ1v) is 5.77. The SMILES string of the molecule is CCNC(=O)CCC1=CC2CCC1C2. The Morgan fingerprint density at radius 3 is 3.00 bits per heavy atom. The highest BCUT2D eigenvalue weighted by Gasteiger charge is 2.32. The van der Waals surface area contributed by atoms with Crippen LogP contribution in [0.25, 0.3) is 0 Å². The Hall–Kier alpha value is -0.790. The molecular weight excluding hydrogens is 174 g/mol. The highest BCUT2D eigenvalue weighted by molar-refractivity contribution is 5.76. The summed E-state index contributed by atoms with van der Waals surface area (Å²) in [6.07, 6.45) is 8.22. The van der Waals surface area contributed by atoms with E-state index in [0.717, 1.165) is 24.8 Å². The summed E-state index contributed by atoms with van der Waals surface area (Å²) in [4.78, 5) is 11.3. The molecule has 78 valence electrons. The number of allylic oxidation sites excluding steroid dienone is 2. The molecule has 2 aliphatic rings. The fourth-order valence-electron chi connectivity index (χ4n) is 2.77. The van der Waals surface area contributed by atoms with Crippen LogP contribution in [0.5, 0.6) is 0 Å². The second-order valence-corrected chi connectivity index (χ2v) is 4.47. The summed E-state index contributed by atoms with van der Waals surface area (Å²) in [5, 5.41) is 2.85. The van der Waals surface area contributed by atoms with E-state index in [0.29, 0.717) is 6.42 Å². The van der Waals surface area contributed by atoms with Gasteiger partial charge in [-0.15, -0.1) is 0 Å². The second-order valence-electron chi connectivity index (χ2n) is 4.47. The van der Waals surface area contributed by atoms with Gasteiger partial charge in [-0.3, -0.25) is 4.79 Å². The summed E-state index contributed by atoms with van der Waals surface area (Å²) < 4.78 is 0. The highest BCUT2D eigenvalue weighted by atomic mass is 16.1. The van der Waals surface area contributed by atoms with Gasteiger partial charge in [-0.05, 0) is 44.4 Å². The molecular formula is C12H19NO. The molecule has 2 aliphatic carbocycles. The summed E-state index contributed by atoms with van der Waals surface area (Å²) >= 11 is 0. The van der Waals surface area contributed by atoms with Crippen LogP contribution in [0.15, 0.2) is 11.6 Å². The molecule has 1 N–H and O–H groups in total. The molecule has 0 aliphatic heterocycles. The zero-order valence-electron chi connectivity index (χ0n) is 8.88. The van der Waals surface area contributed by atoms with Gasteiger partial charge in [0.25, 0.3) is 0 Å². The lowest BCUT2D eigenvalue weighted by atomic mass is 9.95. The Morgan fingerprint density at radius 1 is 1.57 bits per heavy atom. The molecule has 0 radical (unpaired) electrons. The van der Waals surface area contributed by atoms with E-state index in [1.54, 1.807) is 5.57 Å². The quantitative estimate of drug-likeness (QED) is 0.682. The van der Waals surface area contributed by atoms with Crippen molar-refractivity contribution in [3.63, 3.8) is 0 Å². The molecule has 2 nitrogen and oxygen atoms in total. The number of carbonyl (C=O) groups excluding carboxylic acids is 1. The predicted molar refractivity (Wildman–Crippen MR) is 56.8 cm³/mol. The van der Waals surface area contributed by atoms with Crippen LogP contribution < -0.4 is 5.32 Å². The van der Waals surface area contributed by atoms with Crippen molar-refractivity contribution in [3.05, 3.63) is 11.6 Å². The normalized spacial score (nSPS) is 29.1. The number of amides is 1. The molecule has 0 saturated heterocycles. The maximum Gasteiger partial charge on any atom is 0.220 e. The van der Waals surface area contributed by atoms with Crippen LogP contribution in [-0.4, -0.2) is 12.5 Å². The zero-order chi connectivity index (χ0) is 9.97. The number of hydrogen-bond donors (Lipinski definition) is 1. The molecule has 2 unspecified atom stereocenters. The lowest BCUT2D eigenvalue weighted by Crippen LogP contribution is -2.22. The van der Waals surface area contributed by atoms with E-state index in [-0.39, 0.29) is 5.91 Å². The minimum Gasteiger partial charge on any atom is -0.356 e. The van der Waals surface area contributed by atoms with Crippen LogP contribution in [0.3, 0.4) is 0 Å². The fraction of sp³-hybridized carbons (Fsp3) is 0.750. The molecule has 2 rings (SSSR count). The van der Waals surface area contributed by atoms with Crippen LogP contribution in [-0.2, 0) is 4.79 Å². The topological polar surface area (TPSA) is 29.1 Å². The first-order chi connectivity index (χ1) is 6.79. The van der Waals surface area contributed by atoms with Gasteiger partial charge >= 0.3 is 0 Å². The van der Waals surface area contributed by atoms with Gasteiger partial charge in [-0.1, -0.05) is 11.6 Å². The van der Waals surface area contributed by atoms with E-state index in [1.165, 1.54) is 19.3 Å². The van der Waals surface area contributed by atoms with Crippen molar-refractivity contribution >= 4 is 5.91 Å². The number of nitrogens with one attached hydrogen (secondary N) is 1. The number of fused-ring (bicyclic) bond motifs is 2. The van der Waals surface area contributed by atoms with Crippen LogP contribution in [0.2, 0.25) is 0 Å². The number of hydrogen-bond acceptors (Lipinski definition) is 1. The Balaban J connectivity index is 1.76. The van der Waals surface area contributed by atoms with Crippen molar-refractivity contribution in [1.29, 1.82) is 0 Å². The summed E-state index contributed by atoms with van der Waals surface area (Å²) in [5.41, 5.74) is 1.56. The Labute approximate surface area is 85.8 Å². The minimum atomic E-state index is 0.205. The van der Waals surface area contributed by atoms with Gasteiger partial charge < -0.3 is 5.32 Å². The van der Waals surface area contributed by atoms with Crippen LogP contribution >= 0.6 is 0 Å². The van der Waals surface area contributed by atoms with E-state index in [9.17, 15) is 4.79 Å². The summed E-state index contributed by atoms with van der Waals surface area (Å²) in [5.74, 6) is 1.88. The van der Waals surface area contributed by atoms with Gasteiger partial charge in [-0.25, -0.2) is 0 Å². The standard InChI is InChI=1S/C12H19NO/c1-2-13-12(14)6-5-11-8-9-3-4-10(11)7-9/h8-10H,2-7H2,1H3,(H,13,14). The molecule has 1 fully saturated rings. The molecule has 1 saturated carbocycles. The summed E-state index contributed by atoms with van der Waals surface area (Å²) in [6.45, 7) is 2.72. The summed E-state index contributed by atoms with van der Waals surface area (Å²) in [6, 6.07) is 0. The van der Waals surface area contributed by atoms with Gasteiger partial charge in [0.2, 0.25) is 5.91 Å². The third-order valence-corrected chi connectivity index (χ3v) is 3.46. The maximum absolute atomic E-state index is 11.3. The van der Waals surface area contributed by atoms with Gasteiger partial charge in [0.15, 0.2) is 0 Å². The Kier molecular flexibility index (Phi) is 2.90. The molecule has 0 aromatic carbocycles. The molecule has 0 aromatic rings. The highest BCUT2D eigenvalue weighted by Crippen LogP contribution is 2.45. The van der Waals surface area contributed by atoms with E-state index >= 15 is 0 Å². The van der Waals surface area contributed by atoms with Gasteiger partial charge in [-0.2, -0.15) is 0 Å². The molecule has 2 atom stereocenters. The molecule has 1 amide bonds. The molecule has 2 bridgehead atoms. The molecule has 2 heteroatoms. The van der Waals surface area contributed by atoms with E-state index < -0.39 is 0 Å². The number of carbonyl (C=O) groups is 1. The van der Waals surface area contributed by atoms with Crippen molar-refractivity contribution in [2.45, 2.75) is 39.0 Å². The van der Waals surface area contributed by atoms with Crippen molar-refractivity contribution in [2.75, 3.05) is 6.54 Å². The average molecular weight is 193 g/mol. The largest absolute Gasteiger partial charge is 0.356 e. The summed E-state index contributed by atoms with van der Waals surface area (Å²) in [7, 11) is 0. The monoisotopic (exact) mass is 193 g/mol. The van der Waals surface area contributed by atoms with Gasteiger partial charge in [0.05, 0.1) is 0 Å². The van der Waals surface area contributed by atoms with Gasteiger partial charge in [0, 0.05) is 13.0 Å². The Bertz CT molecular complexity index is 257. The molecule has 14 heavy (non-hydrogen) atoms. The smallest absolute Gasteiger partial charge is 0.220 e. The average Bonchev–Trinajstić information content (AvgIpc) is 2.76. The first kappa shape index (κ1) is 9.75. The second kappa shape index (κ2) is 4.16. The van der Waals surface area contributed by atoms with Crippen molar-refractivity contribution in [3.8, 4) is 0 Å². The third-order valence-electron chi connectivity index (χ3n) is 3.46. The van der Waals surface area contributed by atoms with Gasteiger partial charge in [0.1, 0.15) is 0 Å². The minimum absolute atomic E-state index is 0.205. The van der Waals surface area contributed by atoms with Crippen LogP contribution in [0.1, 0.15) is 39.0 Å². The van der Waals surface area contributed by atoms with Crippen LogP contribution in [0.4, 0.5) is 0 Å². The molecule has 0 spiro atoms. The molecule has 0 aromatic heterocycles. The number of rotatable bonds is 4. The molecule has 0 heterocycles. The Morgan fingerprint density at radius 2 is 2.43 bits per heavy atom. The van der Waals surface area contributed by atoms with E-state index in [1.807, 2.05) is 6.92 Å². The van der Waals surface area contributed by atoms with E-state index in [2.05, 4.69) is 11.4 Å².